The highest BCUT2D eigenvalue weighted by Gasteiger charge is 2.15. The second-order valence-corrected chi connectivity index (χ2v) is 4.25. The van der Waals surface area contributed by atoms with Crippen molar-refractivity contribution in [1.29, 1.82) is 0 Å². The van der Waals surface area contributed by atoms with Crippen LogP contribution in [0.2, 0.25) is 5.02 Å². The normalized spacial score (nSPS) is 10.6. The number of benzene rings is 1. The van der Waals surface area contributed by atoms with Gasteiger partial charge in [-0.05, 0) is 12.1 Å². The number of nitrogens with zero attached hydrogens (tertiary/aromatic N) is 1. The second-order valence-electron chi connectivity index (χ2n) is 3.84. The van der Waals surface area contributed by atoms with Crippen molar-refractivity contribution in [2.24, 2.45) is 7.05 Å². The highest BCUT2D eigenvalue weighted by Crippen LogP contribution is 2.25. The first-order chi connectivity index (χ1) is 8.50. The van der Waals surface area contributed by atoms with E-state index in [1.165, 1.54) is 0 Å². The van der Waals surface area contributed by atoms with Crippen LogP contribution in [0.1, 0.15) is 10.5 Å². The van der Waals surface area contributed by atoms with E-state index in [0.717, 1.165) is 10.9 Å². The van der Waals surface area contributed by atoms with Gasteiger partial charge in [0.15, 0.2) is 0 Å². The standard InChI is InChI=1S/C12H11ClN2O3/c1-15-9(12(18)14-6-10(16)17)5-7-3-2-4-8(13)11(7)15/h2-5H,6H2,1H3,(H,14,18)(H,16,17). The van der Waals surface area contributed by atoms with E-state index in [0.29, 0.717) is 10.7 Å². The molecule has 94 valence electrons. The van der Waals surface area contributed by atoms with Crippen molar-refractivity contribution >= 4 is 34.4 Å². The molecule has 0 fully saturated rings. The summed E-state index contributed by atoms with van der Waals surface area (Å²) in [5.41, 5.74) is 1.12. The monoisotopic (exact) mass is 266 g/mol. The van der Waals surface area contributed by atoms with E-state index in [1.807, 2.05) is 6.07 Å². The van der Waals surface area contributed by atoms with Crippen molar-refractivity contribution in [3.8, 4) is 0 Å². The van der Waals surface area contributed by atoms with Crippen molar-refractivity contribution in [2.75, 3.05) is 6.54 Å². The number of carboxylic acids is 1. The number of nitrogens with one attached hydrogen (secondary N) is 1. The number of amides is 1. The maximum absolute atomic E-state index is 11.8. The fourth-order valence-electron chi connectivity index (χ4n) is 1.83. The molecule has 6 heteroatoms. The fourth-order valence-corrected chi connectivity index (χ4v) is 2.14. The number of carbonyl (C=O) groups excluding carboxylic acids is 1. The van der Waals surface area contributed by atoms with Crippen LogP contribution in [-0.4, -0.2) is 28.1 Å². The van der Waals surface area contributed by atoms with Crippen molar-refractivity contribution in [3.63, 3.8) is 0 Å². The van der Waals surface area contributed by atoms with Gasteiger partial charge in [-0.3, -0.25) is 9.59 Å². The summed E-state index contributed by atoms with van der Waals surface area (Å²) in [6, 6.07) is 7.06. The molecule has 0 radical (unpaired) electrons. The van der Waals surface area contributed by atoms with Crippen LogP contribution in [0.15, 0.2) is 24.3 Å². The summed E-state index contributed by atoms with van der Waals surface area (Å²) in [4.78, 5) is 22.2. The van der Waals surface area contributed by atoms with E-state index in [4.69, 9.17) is 16.7 Å². The Morgan fingerprint density at radius 3 is 2.78 bits per heavy atom. The van der Waals surface area contributed by atoms with Crippen molar-refractivity contribution in [2.45, 2.75) is 0 Å². The minimum Gasteiger partial charge on any atom is -0.480 e. The summed E-state index contributed by atoms with van der Waals surface area (Å²) >= 11 is 6.06. The molecule has 0 aliphatic carbocycles. The third-order valence-corrected chi connectivity index (χ3v) is 2.94. The molecule has 1 heterocycles. The topological polar surface area (TPSA) is 71.3 Å². The van der Waals surface area contributed by atoms with Gasteiger partial charge in [-0.15, -0.1) is 0 Å². The summed E-state index contributed by atoms with van der Waals surface area (Å²) in [5, 5.41) is 12.2. The highest BCUT2D eigenvalue weighted by atomic mass is 35.5. The molecular formula is C12H11ClN2O3. The molecule has 0 aliphatic rings. The number of hydrogen-bond acceptors (Lipinski definition) is 2. The van der Waals surface area contributed by atoms with E-state index in [-0.39, 0.29) is 0 Å². The molecule has 0 aliphatic heterocycles. The molecule has 18 heavy (non-hydrogen) atoms. The molecule has 0 saturated carbocycles. The quantitative estimate of drug-likeness (QED) is 0.887. The summed E-state index contributed by atoms with van der Waals surface area (Å²) in [5.74, 6) is -1.52. The third-order valence-electron chi connectivity index (χ3n) is 2.64. The highest BCUT2D eigenvalue weighted by molar-refractivity contribution is 6.35. The summed E-state index contributed by atoms with van der Waals surface area (Å²) in [6.45, 7) is -0.409. The van der Waals surface area contributed by atoms with E-state index >= 15 is 0 Å². The lowest BCUT2D eigenvalue weighted by molar-refractivity contribution is -0.135. The van der Waals surface area contributed by atoms with Crippen LogP contribution in [0.5, 0.6) is 0 Å². The van der Waals surface area contributed by atoms with Crippen LogP contribution >= 0.6 is 11.6 Å². The van der Waals surface area contributed by atoms with Gasteiger partial charge < -0.3 is 15.0 Å². The zero-order chi connectivity index (χ0) is 13.3. The second kappa shape index (κ2) is 4.70. The molecule has 0 saturated heterocycles. The molecule has 2 N–H and O–H groups in total. The Kier molecular flexibility index (Phi) is 3.25. The Hall–Kier alpha value is -2.01. The lowest BCUT2D eigenvalue weighted by atomic mass is 10.2. The van der Waals surface area contributed by atoms with Gasteiger partial charge in [0.25, 0.3) is 5.91 Å². The number of carbonyl (C=O) groups is 2. The molecule has 1 aromatic carbocycles. The first-order valence-corrected chi connectivity index (χ1v) is 5.62. The first-order valence-electron chi connectivity index (χ1n) is 5.24. The van der Waals surface area contributed by atoms with Crippen LogP contribution in [0, 0.1) is 0 Å². The van der Waals surface area contributed by atoms with Crippen LogP contribution in [0.3, 0.4) is 0 Å². The van der Waals surface area contributed by atoms with E-state index in [2.05, 4.69) is 5.32 Å². The number of carboxylic acid groups (broad SMARTS) is 1. The van der Waals surface area contributed by atoms with Crippen LogP contribution in [0.4, 0.5) is 0 Å². The van der Waals surface area contributed by atoms with Gasteiger partial charge in [0, 0.05) is 12.4 Å². The fraction of sp³-hybridized carbons (Fsp3) is 0.167. The summed E-state index contributed by atoms with van der Waals surface area (Å²) < 4.78 is 1.65. The maximum Gasteiger partial charge on any atom is 0.322 e. The first kappa shape index (κ1) is 12.4. The van der Waals surface area contributed by atoms with Gasteiger partial charge >= 0.3 is 5.97 Å². The van der Waals surface area contributed by atoms with Gasteiger partial charge in [0.2, 0.25) is 0 Å². The van der Waals surface area contributed by atoms with Crippen molar-refractivity contribution < 1.29 is 14.7 Å². The number of fused-ring (bicyclic) bond motifs is 1. The van der Waals surface area contributed by atoms with Gasteiger partial charge in [-0.25, -0.2) is 0 Å². The Labute approximate surface area is 108 Å². The lowest BCUT2D eigenvalue weighted by Crippen LogP contribution is -2.30. The Bertz CT molecular complexity index is 634. The Morgan fingerprint density at radius 1 is 1.44 bits per heavy atom. The minimum atomic E-state index is -1.08. The molecule has 0 atom stereocenters. The Balaban J connectivity index is 2.40. The molecular weight excluding hydrogens is 256 g/mol. The number of para-hydroxylation sites is 1. The van der Waals surface area contributed by atoms with Crippen molar-refractivity contribution in [1.82, 2.24) is 9.88 Å². The number of hydrogen-bond donors (Lipinski definition) is 2. The third kappa shape index (κ3) is 2.17. The van der Waals surface area contributed by atoms with Crippen LogP contribution in [-0.2, 0) is 11.8 Å². The number of rotatable bonds is 3. The van der Waals surface area contributed by atoms with E-state index < -0.39 is 18.4 Å². The molecule has 5 nitrogen and oxygen atoms in total. The lowest BCUT2D eigenvalue weighted by Gasteiger charge is -2.05. The van der Waals surface area contributed by atoms with Gasteiger partial charge in [-0.1, -0.05) is 23.7 Å². The van der Waals surface area contributed by atoms with E-state index in [1.54, 1.807) is 29.8 Å². The zero-order valence-electron chi connectivity index (χ0n) is 9.61. The predicted molar refractivity (Wildman–Crippen MR) is 67.9 cm³/mol. The summed E-state index contributed by atoms with van der Waals surface area (Å²) in [6.07, 6.45) is 0. The number of aromatic nitrogens is 1. The zero-order valence-corrected chi connectivity index (χ0v) is 10.4. The van der Waals surface area contributed by atoms with E-state index in [9.17, 15) is 9.59 Å². The van der Waals surface area contributed by atoms with Crippen molar-refractivity contribution in [3.05, 3.63) is 35.0 Å². The molecule has 1 amide bonds. The minimum absolute atomic E-state index is 0.374. The molecule has 2 aromatic rings. The predicted octanol–water partition coefficient (Wildman–Crippen LogP) is 1.65. The molecule has 1 aromatic heterocycles. The van der Waals surface area contributed by atoms with Gasteiger partial charge in [0.05, 0.1) is 10.5 Å². The van der Waals surface area contributed by atoms with Crippen LogP contribution < -0.4 is 5.32 Å². The average Bonchev–Trinajstić information content (AvgIpc) is 2.65. The number of aryl methyl sites for hydroxylation is 1. The maximum atomic E-state index is 11.8. The molecule has 0 spiro atoms. The SMILES string of the molecule is Cn1c(C(=O)NCC(=O)O)cc2cccc(Cl)c21. The molecule has 2 rings (SSSR count). The molecule has 0 bridgehead atoms. The molecule has 0 unspecified atom stereocenters. The number of halogens is 1. The Morgan fingerprint density at radius 2 is 2.17 bits per heavy atom. The average molecular weight is 267 g/mol. The van der Waals surface area contributed by atoms with Gasteiger partial charge in [0.1, 0.15) is 12.2 Å². The summed E-state index contributed by atoms with van der Waals surface area (Å²) in [7, 11) is 1.71. The van der Waals surface area contributed by atoms with Crippen LogP contribution in [0.25, 0.3) is 10.9 Å². The number of aliphatic carboxylic acids is 1. The van der Waals surface area contributed by atoms with Gasteiger partial charge in [-0.2, -0.15) is 0 Å². The smallest absolute Gasteiger partial charge is 0.322 e. The largest absolute Gasteiger partial charge is 0.480 e.